The molecule has 0 amide bonds. The van der Waals surface area contributed by atoms with Crippen molar-refractivity contribution in [1.82, 2.24) is 5.16 Å². The molecule has 0 spiro atoms. The minimum atomic E-state index is -0.578. The van der Waals surface area contributed by atoms with Gasteiger partial charge in [-0.15, -0.1) is 0 Å². The molecule has 0 aliphatic rings. The fourth-order valence-corrected chi connectivity index (χ4v) is 1.77. The van der Waals surface area contributed by atoms with Crippen molar-refractivity contribution in [3.63, 3.8) is 0 Å². The molecule has 0 fully saturated rings. The second kappa shape index (κ2) is 4.40. The molecule has 92 valence electrons. The molecule has 18 heavy (non-hydrogen) atoms. The van der Waals surface area contributed by atoms with E-state index in [0.29, 0.717) is 11.5 Å². The smallest absolute Gasteiger partial charge is 0.280 e. The van der Waals surface area contributed by atoms with E-state index in [0.717, 1.165) is 0 Å². The lowest BCUT2D eigenvalue weighted by molar-refractivity contribution is -0.385. The Morgan fingerprint density at radius 2 is 2.00 bits per heavy atom. The molecule has 0 N–H and O–H groups in total. The second-order valence-electron chi connectivity index (χ2n) is 3.80. The molecule has 1 aromatic carbocycles. The summed E-state index contributed by atoms with van der Waals surface area (Å²) >= 11 is 0. The number of benzene rings is 1. The number of nitro groups is 1. The van der Waals surface area contributed by atoms with Gasteiger partial charge in [0.1, 0.15) is 11.3 Å². The highest BCUT2D eigenvalue weighted by molar-refractivity contribution is 6.12. The Kier molecular flexibility index (Phi) is 2.93. The summed E-state index contributed by atoms with van der Waals surface area (Å²) in [7, 11) is 0. The lowest BCUT2D eigenvalue weighted by Gasteiger charge is -2.01. The van der Waals surface area contributed by atoms with Gasteiger partial charge in [-0.25, -0.2) is 0 Å². The maximum atomic E-state index is 12.3. The van der Waals surface area contributed by atoms with Gasteiger partial charge >= 0.3 is 0 Å². The molecule has 0 radical (unpaired) electrons. The average Bonchev–Trinajstić information content (AvgIpc) is 2.68. The number of para-hydroxylation sites is 1. The molecule has 0 saturated heterocycles. The Labute approximate surface area is 102 Å². The molecule has 1 heterocycles. The van der Waals surface area contributed by atoms with E-state index >= 15 is 0 Å². The summed E-state index contributed by atoms with van der Waals surface area (Å²) in [6.07, 6.45) is 0. The van der Waals surface area contributed by atoms with E-state index in [2.05, 4.69) is 5.16 Å². The summed E-state index contributed by atoms with van der Waals surface area (Å²) in [5.74, 6) is -0.0887. The van der Waals surface area contributed by atoms with E-state index in [9.17, 15) is 14.9 Å². The first-order valence-corrected chi connectivity index (χ1v) is 5.23. The monoisotopic (exact) mass is 246 g/mol. The van der Waals surface area contributed by atoms with E-state index in [1.165, 1.54) is 18.2 Å². The Balaban J connectivity index is 2.57. The quantitative estimate of drug-likeness (QED) is 0.471. The standard InChI is InChI=1S/C12H10N2O4/c1-7-11(8(2)18-13-7)12(15)9-5-3-4-6-10(9)14(16)17/h3-6H,1-2H3. The van der Waals surface area contributed by atoms with Gasteiger partial charge in [-0.05, 0) is 19.9 Å². The first kappa shape index (κ1) is 12.0. The molecular weight excluding hydrogens is 236 g/mol. The predicted molar refractivity (Wildman–Crippen MR) is 62.5 cm³/mol. The van der Waals surface area contributed by atoms with Crippen LogP contribution in [0.1, 0.15) is 27.4 Å². The third-order valence-electron chi connectivity index (χ3n) is 2.61. The first-order valence-electron chi connectivity index (χ1n) is 5.23. The summed E-state index contributed by atoms with van der Waals surface area (Å²) in [5, 5.41) is 14.6. The van der Waals surface area contributed by atoms with Crippen LogP contribution in [0, 0.1) is 24.0 Å². The zero-order valence-electron chi connectivity index (χ0n) is 9.84. The van der Waals surface area contributed by atoms with Crippen LogP contribution in [0.4, 0.5) is 5.69 Å². The van der Waals surface area contributed by atoms with Crippen molar-refractivity contribution in [3.8, 4) is 0 Å². The lowest BCUT2D eigenvalue weighted by Crippen LogP contribution is -2.07. The predicted octanol–water partition coefficient (Wildman–Crippen LogP) is 2.43. The van der Waals surface area contributed by atoms with Crippen molar-refractivity contribution < 1.29 is 14.2 Å². The molecule has 1 aromatic heterocycles. The number of ketones is 1. The lowest BCUT2D eigenvalue weighted by atomic mass is 10.0. The van der Waals surface area contributed by atoms with Crippen LogP contribution in [0.15, 0.2) is 28.8 Å². The van der Waals surface area contributed by atoms with Crippen molar-refractivity contribution >= 4 is 11.5 Å². The van der Waals surface area contributed by atoms with Crippen LogP contribution in [0.5, 0.6) is 0 Å². The number of aromatic nitrogens is 1. The molecule has 0 aliphatic carbocycles. The van der Waals surface area contributed by atoms with Gasteiger partial charge in [-0.1, -0.05) is 17.3 Å². The van der Waals surface area contributed by atoms with Gasteiger partial charge in [0.05, 0.1) is 16.2 Å². The number of hydrogen-bond acceptors (Lipinski definition) is 5. The number of aryl methyl sites for hydroxylation is 2. The van der Waals surface area contributed by atoms with E-state index in [-0.39, 0.29) is 16.8 Å². The van der Waals surface area contributed by atoms with Gasteiger partial charge in [-0.2, -0.15) is 0 Å². The summed E-state index contributed by atoms with van der Waals surface area (Å²) in [6.45, 7) is 3.22. The molecular formula is C12H10N2O4. The summed E-state index contributed by atoms with van der Waals surface area (Å²) in [6, 6.07) is 5.82. The molecule has 6 nitrogen and oxygen atoms in total. The van der Waals surface area contributed by atoms with Gasteiger partial charge in [0.25, 0.3) is 5.69 Å². The number of carbonyl (C=O) groups excluding carboxylic acids is 1. The SMILES string of the molecule is Cc1noc(C)c1C(=O)c1ccccc1[N+](=O)[O-]. The Hall–Kier alpha value is -2.50. The highest BCUT2D eigenvalue weighted by Crippen LogP contribution is 2.24. The molecule has 6 heteroatoms. The van der Waals surface area contributed by atoms with Crippen LogP contribution in [0.3, 0.4) is 0 Å². The molecule has 0 aliphatic heterocycles. The average molecular weight is 246 g/mol. The largest absolute Gasteiger partial charge is 0.361 e. The topological polar surface area (TPSA) is 86.2 Å². The minimum Gasteiger partial charge on any atom is -0.361 e. The molecule has 2 rings (SSSR count). The highest BCUT2D eigenvalue weighted by atomic mass is 16.6. The number of hydrogen-bond donors (Lipinski definition) is 0. The van der Waals surface area contributed by atoms with Crippen LogP contribution >= 0.6 is 0 Å². The van der Waals surface area contributed by atoms with Crippen molar-refractivity contribution in [2.24, 2.45) is 0 Å². The van der Waals surface area contributed by atoms with Crippen LogP contribution in [-0.2, 0) is 0 Å². The van der Waals surface area contributed by atoms with Crippen molar-refractivity contribution in [2.45, 2.75) is 13.8 Å². The molecule has 0 saturated carbocycles. The van der Waals surface area contributed by atoms with Gasteiger partial charge in [-0.3, -0.25) is 14.9 Å². The number of carbonyl (C=O) groups is 1. The molecule has 0 atom stereocenters. The number of nitro benzene ring substituents is 1. The normalized spacial score (nSPS) is 10.3. The van der Waals surface area contributed by atoms with Crippen LogP contribution < -0.4 is 0 Å². The maximum absolute atomic E-state index is 12.3. The fraction of sp³-hybridized carbons (Fsp3) is 0.167. The maximum Gasteiger partial charge on any atom is 0.280 e. The second-order valence-corrected chi connectivity index (χ2v) is 3.80. The van der Waals surface area contributed by atoms with Crippen LogP contribution in [0.25, 0.3) is 0 Å². The Bertz CT molecular complexity index is 611. The van der Waals surface area contributed by atoms with Crippen molar-refractivity contribution in [3.05, 3.63) is 57.0 Å². The van der Waals surface area contributed by atoms with E-state index in [4.69, 9.17) is 4.52 Å². The molecule has 0 bridgehead atoms. The molecule has 2 aromatic rings. The van der Waals surface area contributed by atoms with E-state index < -0.39 is 10.7 Å². The van der Waals surface area contributed by atoms with Crippen LogP contribution in [-0.4, -0.2) is 15.9 Å². The fourth-order valence-electron chi connectivity index (χ4n) is 1.77. The third kappa shape index (κ3) is 1.88. The van der Waals surface area contributed by atoms with Crippen molar-refractivity contribution in [1.29, 1.82) is 0 Å². The minimum absolute atomic E-state index is 0.0388. The zero-order valence-corrected chi connectivity index (χ0v) is 9.84. The highest BCUT2D eigenvalue weighted by Gasteiger charge is 2.25. The van der Waals surface area contributed by atoms with E-state index in [1.54, 1.807) is 19.9 Å². The Morgan fingerprint density at radius 1 is 1.33 bits per heavy atom. The Morgan fingerprint density at radius 3 is 2.56 bits per heavy atom. The van der Waals surface area contributed by atoms with E-state index in [1.807, 2.05) is 0 Å². The van der Waals surface area contributed by atoms with Crippen LogP contribution in [0.2, 0.25) is 0 Å². The summed E-state index contributed by atoms with van der Waals surface area (Å²) in [5.41, 5.74) is 0.527. The molecule has 0 unspecified atom stereocenters. The van der Waals surface area contributed by atoms with Gasteiger partial charge in [0.15, 0.2) is 0 Å². The zero-order chi connectivity index (χ0) is 13.3. The van der Waals surface area contributed by atoms with Crippen molar-refractivity contribution in [2.75, 3.05) is 0 Å². The number of rotatable bonds is 3. The van der Waals surface area contributed by atoms with Gasteiger partial charge in [0.2, 0.25) is 5.78 Å². The van der Waals surface area contributed by atoms with Gasteiger partial charge < -0.3 is 4.52 Å². The third-order valence-corrected chi connectivity index (χ3v) is 2.61. The van der Waals surface area contributed by atoms with Gasteiger partial charge in [0, 0.05) is 6.07 Å². The number of nitrogens with zero attached hydrogens (tertiary/aromatic N) is 2. The summed E-state index contributed by atoms with van der Waals surface area (Å²) in [4.78, 5) is 22.6. The first-order chi connectivity index (χ1) is 8.52. The summed E-state index contributed by atoms with van der Waals surface area (Å²) < 4.78 is 4.90.